The summed E-state index contributed by atoms with van der Waals surface area (Å²) >= 11 is 6.08. The van der Waals surface area contributed by atoms with Gasteiger partial charge >= 0.3 is 0 Å². The van der Waals surface area contributed by atoms with Crippen molar-refractivity contribution in [2.24, 2.45) is 5.92 Å². The molecule has 0 aromatic carbocycles. The van der Waals surface area contributed by atoms with Gasteiger partial charge in [-0.25, -0.2) is 0 Å². The topological polar surface area (TPSA) is 77.2 Å². The molecule has 1 aliphatic rings. The molecule has 1 saturated heterocycles. The first-order valence-corrected chi connectivity index (χ1v) is 7.19. The molecule has 1 aromatic rings. The number of hydrogen-bond acceptors (Lipinski definition) is 5. The molecule has 6 heteroatoms. The van der Waals surface area contributed by atoms with Gasteiger partial charge in [0.15, 0.2) is 0 Å². The molecule has 1 fully saturated rings. The van der Waals surface area contributed by atoms with E-state index in [-0.39, 0.29) is 11.7 Å². The zero-order valence-electron chi connectivity index (χ0n) is 11.6. The fourth-order valence-electron chi connectivity index (χ4n) is 2.85. The fraction of sp³-hybridized carbons (Fsp3) is 0.571. The number of nitrogens with zero attached hydrogens (tertiary/aromatic N) is 1. The van der Waals surface area contributed by atoms with Gasteiger partial charge in [-0.1, -0.05) is 11.6 Å². The average molecular weight is 298 g/mol. The van der Waals surface area contributed by atoms with Gasteiger partial charge in [-0.3, -0.25) is 0 Å². The highest BCUT2D eigenvalue weighted by molar-refractivity contribution is 6.32. The maximum atomic E-state index is 11.0. The summed E-state index contributed by atoms with van der Waals surface area (Å²) in [4.78, 5) is 15.2. The van der Waals surface area contributed by atoms with E-state index in [0.29, 0.717) is 23.2 Å². The van der Waals surface area contributed by atoms with E-state index >= 15 is 0 Å². The van der Waals surface area contributed by atoms with Crippen molar-refractivity contribution in [2.75, 3.05) is 25.9 Å². The van der Waals surface area contributed by atoms with Crippen molar-refractivity contribution in [1.29, 1.82) is 0 Å². The third kappa shape index (κ3) is 3.22. The Kier molecular flexibility index (Phi) is 5.20. The third-order valence-electron chi connectivity index (χ3n) is 3.89. The lowest BCUT2D eigenvalue weighted by Gasteiger charge is -2.30. The van der Waals surface area contributed by atoms with Crippen LogP contribution in [0.1, 0.15) is 30.7 Å². The molecule has 0 bridgehead atoms. The van der Waals surface area contributed by atoms with Crippen LogP contribution in [0, 0.1) is 5.92 Å². The van der Waals surface area contributed by atoms with Crippen LogP contribution in [0.5, 0.6) is 5.88 Å². The average Bonchev–Trinajstić information content (AvgIpc) is 2.48. The van der Waals surface area contributed by atoms with Gasteiger partial charge in [0.2, 0.25) is 5.88 Å². The van der Waals surface area contributed by atoms with Gasteiger partial charge in [0.05, 0.1) is 12.1 Å². The molecule has 0 spiro atoms. The van der Waals surface area contributed by atoms with E-state index in [2.05, 4.69) is 10.3 Å². The Morgan fingerprint density at radius 3 is 2.90 bits per heavy atom. The van der Waals surface area contributed by atoms with Crippen LogP contribution in [-0.4, -0.2) is 31.5 Å². The maximum Gasteiger partial charge on any atom is 0.218 e. The number of nitrogens with one attached hydrogen (secondary N) is 1. The zero-order chi connectivity index (χ0) is 14.5. The van der Waals surface area contributed by atoms with Crippen LogP contribution in [0.25, 0.3) is 0 Å². The molecule has 5 nitrogen and oxygen atoms in total. The lowest BCUT2D eigenvalue weighted by atomic mass is 9.79. The van der Waals surface area contributed by atoms with Crippen LogP contribution in [0.15, 0.2) is 6.07 Å². The smallest absolute Gasteiger partial charge is 0.218 e. The quantitative estimate of drug-likeness (QED) is 0.813. The number of hydrogen-bond donors (Lipinski definition) is 2. The number of rotatable bonds is 5. The molecule has 3 N–H and O–H groups in total. The predicted octanol–water partition coefficient (Wildman–Crippen LogP) is 2.00. The van der Waals surface area contributed by atoms with Crippen molar-refractivity contribution >= 4 is 23.7 Å². The van der Waals surface area contributed by atoms with Crippen molar-refractivity contribution in [3.63, 3.8) is 0 Å². The number of halogens is 1. The standard InChI is InChI=1S/C14H20ClN3O2/c1-20-14-11(8-12(15)13(16)18-14)10(4-7-19)9-2-5-17-6-3-9/h7-10,17H,2-6H2,1H3,(H2,16,18). The highest BCUT2D eigenvalue weighted by Crippen LogP contribution is 2.39. The second-order valence-corrected chi connectivity index (χ2v) is 5.46. The number of methoxy groups -OCH3 is 1. The first-order chi connectivity index (χ1) is 9.67. The van der Waals surface area contributed by atoms with Crippen LogP contribution < -0.4 is 15.8 Å². The lowest BCUT2D eigenvalue weighted by Crippen LogP contribution is -2.31. The number of nitrogen functional groups attached to an aromatic ring is 1. The van der Waals surface area contributed by atoms with Crippen molar-refractivity contribution in [3.8, 4) is 5.88 Å². The normalized spacial score (nSPS) is 17.7. The lowest BCUT2D eigenvalue weighted by molar-refractivity contribution is -0.108. The largest absolute Gasteiger partial charge is 0.481 e. The first kappa shape index (κ1) is 15.1. The first-order valence-electron chi connectivity index (χ1n) is 6.81. The number of pyridine rings is 1. The minimum Gasteiger partial charge on any atom is -0.481 e. The van der Waals surface area contributed by atoms with Gasteiger partial charge < -0.3 is 20.6 Å². The van der Waals surface area contributed by atoms with Crippen LogP contribution >= 0.6 is 11.6 Å². The summed E-state index contributed by atoms with van der Waals surface area (Å²) in [6.45, 7) is 1.94. The molecule has 0 radical (unpaired) electrons. The molecule has 1 unspecified atom stereocenters. The van der Waals surface area contributed by atoms with Crippen molar-refractivity contribution in [3.05, 3.63) is 16.7 Å². The zero-order valence-corrected chi connectivity index (χ0v) is 12.3. The van der Waals surface area contributed by atoms with Crippen LogP contribution in [-0.2, 0) is 4.79 Å². The van der Waals surface area contributed by atoms with Gasteiger partial charge in [-0.15, -0.1) is 0 Å². The fourth-order valence-corrected chi connectivity index (χ4v) is 3.01. The molecular weight excluding hydrogens is 278 g/mol. The predicted molar refractivity (Wildman–Crippen MR) is 79.2 cm³/mol. The number of piperidine rings is 1. The summed E-state index contributed by atoms with van der Waals surface area (Å²) in [5.74, 6) is 1.23. The number of aldehydes is 1. The van der Waals surface area contributed by atoms with Crippen molar-refractivity contribution in [2.45, 2.75) is 25.2 Å². The van der Waals surface area contributed by atoms with Gasteiger partial charge in [0.1, 0.15) is 12.1 Å². The molecule has 1 aromatic heterocycles. The molecule has 110 valence electrons. The minimum absolute atomic E-state index is 0.0788. The molecule has 1 atom stereocenters. The highest BCUT2D eigenvalue weighted by Gasteiger charge is 2.28. The van der Waals surface area contributed by atoms with E-state index in [0.717, 1.165) is 37.8 Å². The molecule has 0 amide bonds. The SMILES string of the molecule is COc1nc(N)c(Cl)cc1C(CC=O)C1CCNCC1. The van der Waals surface area contributed by atoms with E-state index in [4.69, 9.17) is 22.1 Å². The Hall–Kier alpha value is -1.33. The minimum atomic E-state index is 0.0788. The van der Waals surface area contributed by atoms with E-state index in [1.807, 2.05) is 0 Å². The van der Waals surface area contributed by atoms with Crippen molar-refractivity contribution < 1.29 is 9.53 Å². The Morgan fingerprint density at radius 1 is 1.60 bits per heavy atom. The monoisotopic (exact) mass is 297 g/mol. The highest BCUT2D eigenvalue weighted by atomic mass is 35.5. The number of carbonyl (C=O) groups excluding carboxylic acids is 1. The molecular formula is C14H20ClN3O2. The maximum absolute atomic E-state index is 11.0. The molecule has 20 heavy (non-hydrogen) atoms. The Balaban J connectivity index is 2.36. The number of carbonyl (C=O) groups is 1. The van der Waals surface area contributed by atoms with Gasteiger partial charge in [-0.05, 0) is 43.8 Å². The van der Waals surface area contributed by atoms with E-state index < -0.39 is 0 Å². The number of nitrogens with two attached hydrogens (primary N) is 1. The molecule has 0 saturated carbocycles. The van der Waals surface area contributed by atoms with E-state index in [1.165, 1.54) is 0 Å². The number of aromatic nitrogens is 1. The summed E-state index contributed by atoms with van der Waals surface area (Å²) in [5, 5.41) is 3.74. The van der Waals surface area contributed by atoms with Crippen LogP contribution in [0.4, 0.5) is 5.82 Å². The second kappa shape index (κ2) is 6.90. The van der Waals surface area contributed by atoms with Crippen molar-refractivity contribution in [1.82, 2.24) is 10.3 Å². The van der Waals surface area contributed by atoms with Gasteiger partial charge in [-0.2, -0.15) is 4.98 Å². The Labute approximate surface area is 123 Å². The van der Waals surface area contributed by atoms with Crippen LogP contribution in [0.2, 0.25) is 5.02 Å². The summed E-state index contributed by atoms with van der Waals surface area (Å²) in [7, 11) is 1.56. The second-order valence-electron chi connectivity index (χ2n) is 5.05. The molecule has 0 aliphatic carbocycles. The summed E-state index contributed by atoms with van der Waals surface area (Å²) in [5.41, 5.74) is 6.60. The van der Waals surface area contributed by atoms with Gasteiger partial charge in [0.25, 0.3) is 0 Å². The molecule has 2 rings (SSSR count). The van der Waals surface area contributed by atoms with E-state index in [9.17, 15) is 4.79 Å². The van der Waals surface area contributed by atoms with Crippen LogP contribution in [0.3, 0.4) is 0 Å². The van der Waals surface area contributed by atoms with E-state index in [1.54, 1.807) is 13.2 Å². The summed E-state index contributed by atoms with van der Waals surface area (Å²) in [6, 6.07) is 1.79. The Bertz CT molecular complexity index is 476. The molecule has 2 heterocycles. The number of anilines is 1. The summed E-state index contributed by atoms with van der Waals surface area (Å²) < 4.78 is 5.32. The number of ether oxygens (including phenoxy) is 1. The third-order valence-corrected chi connectivity index (χ3v) is 4.19. The Morgan fingerprint density at radius 2 is 2.30 bits per heavy atom. The summed E-state index contributed by atoms with van der Waals surface area (Å²) in [6.07, 6.45) is 3.46. The van der Waals surface area contributed by atoms with Gasteiger partial charge in [0, 0.05) is 12.0 Å². The molecule has 1 aliphatic heterocycles.